The Hall–Kier alpha value is -0.630. The third kappa shape index (κ3) is 3.18. The molecule has 0 saturated heterocycles. The molecule has 0 aromatic heterocycles. The largest absolute Gasteiger partial charge is 0.337 e. The van der Waals surface area contributed by atoms with Gasteiger partial charge in [0.1, 0.15) is 0 Å². The summed E-state index contributed by atoms with van der Waals surface area (Å²) in [5.41, 5.74) is 0.751. The molecule has 0 aliphatic heterocycles. The van der Waals surface area contributed by atoms with E-state index in [9.17, 15) is 4.57 Å². The maximum absolute atomic E-state index is 12.5. The lowest BCUT2D eigenvalue weighted by Crippen LogP contribution is -2.03. The lowest BCUT2D eigenvalue weighted by Gasteiger charge is -2.23. The topological polar surface area (TPSA) is 35.5 Å². The summed E-state index contributed by atoms with van der Waals surface area (Å²) < 4.78 is 23.1. The summed E-state index contributed by atoms with van der Waals surface area (Å²) >= 11 is 0. The Kier molecular flexibility index (Phi) is 5.20. The standard InChI is InChI=1S/C12H19O3P/c1-4-14-16(13,15-5-2)11(3)12-9-7-6-8-10-12/h6-11H,4-5H2,1-3H3/t11-/m1/s1. The second-order valence-corrected chi connectivity index (χ2v) is 5.83. The highest BCUT2D eigenvalue weighted by Crippen LogP contribution is 2.60. The van der Waals surface area contributed by atoms with Crippen molar-refractivity contribution in [3.8, 4) is 0 Å². The van der Waals surface area contributed by atoms with Crippen LogP contribution in [0.3, 0.4) is 0 Å². The van der Waals surface area contributed by atoms with Gasteiger partial charge in [0.25, 0.3) is 0 Å². The maximum Gasteiger partial charge on any atom is 0.337 e. The summed E-state index contributed by atoms with van der Waals surface area (Å²) in [7, 11) is -3.03. The Morgan fingerprint density at radius 3 is 2.06 bits per heavy atom. The van der Waals surface area contributed by atoms with Gasteiger partial charge in [0.2, 0.25) is 0 Å². The number of hydrogen-bond acceptors (Lipinski definition) is 3. The molecular formula is C12H19O3P. The average Bonchev–Trinajstić information content (AvgIpc) is 2.30. The summed E-state index contributed by atoms with van der Waals surface area (Å²) in [6, 6.07) is 9.66. The van der Waals surface area contributed by atoms with Crippen molar-refractivity contribution in [1.82, 2.24) is 0 Å². The minimum atomic E-state index is -3.03. The molecule has 0 spiro atoms. The zero-order chi connectivity index (χ0) is 12.0. The summed E-state index contributed by atoms with van der Waals surface area (Å²) in [6.07, 6.45) is 0. The molecule has 0 aliphatic carbocycles. The van der Waals surface area contributed by atoms with E-state index in [-0.39, 0.29) is 5.66 Å². The lowest BCUT2D eigenvalue weighted by atomic mass is 10.2. The summed E-state index contributed by atoms with van der Waals surface area (Å²) in [5, 5.41) is 0. The molecule has 16 heavy (non-hydrogen) atoms. The van der Waals surface area contributed by atoms with E-state index in [1.807, 2.05) is 51.1 Å². The molecule has 0 bridgehead atoms. The van der Waals surface area contributed by atoms with Crippen LogP contribution in [0.5, 0.6) is 0 Å². The van der Waals surface area contributed by atoms with Crippen molar-refractivity contribution in [3.05, 3.63) is 35.9 Å². The molecule has 1 aromatic carbocycles. The molecule has 0 saturated carbocycles. The van der Waals surface area contributed by atoms with Crippen molar-refractivity contribution in [2.24, 2.45) is 0 Å². The summed E-state index contributed by atoms with van der Waals surface area (Å²) in [6.45, 7) is 6.32. The molecule has 0 N–H and O–H groups in total. The quantitative estimate of drug-likeness (QED) is 0.707. The lowest BCUT2D eigenvalue weighted by molar-refractivity contribution is 0.213. The molecule has 1 atom stereocenters. The van der Waals surface area contributed by atoms with Crippen LogP contribution in [0, 0.1) is 0 Å². The van der Waals surface area contributed by atoms with Gasteiger partial charge in [-0.2, -0.15) is 0 Å². The van der Waals surface area contributed by atoms with E-state index in [1.54, 1.807) is 0 Å². The molecule has 4 heteroatoms. The molecule has 90 valence electrons. The molecule has 0 aliphatic rings. The third-order valence-corrected chi connectivity index (χ3v) is 4.86. The van der Waals surface area contributed by atoms with Gasteiger partial charge >= 0.3 is 7.60 Å². The first-order chi connectivity index (χ1) is 7.64. The fourth-order valence-electron chi connectivity index (χ4n) is 1.53. The highest BCUT2D eigenvalue weighted by atomic mass is 31.2. The third-order valence-electron chi connectivity index (χ3n) is 2.37. The van der Waals surface area contributed by atoms with Crippen LogP contribution < -0.4 is 0 Å². The van der Waals surface area contributed by atoms with E-state index in [2.05, 4.69) is 0 Å². The minimum Gasteiger partial charge on any atom is -0.308 e. The maximum atomic E-state index is 12.5. The first-order valence-electron chi connectivity index (χ1n) is 5.57. The van der Waals surface area contributed by atoms with Gasteiger partial charge in [-0.1, -0.05) is 30.3 Å². The highest BCUT2D eigenvalue weighted by Gasteiger charge is 2.32. The monoisotopic (exact) mass is 242 g/mol. The molecule has 1 rings (SSSR count). The molecule has 0 amide bonds. The highest BCUT2D eigenvalue weighted by molar-refractivity contribution is 7.54. The SMILES string of the molecule is CCOP(=O)(OCC)[C@H](C)c1ccccc1. The van der Waals surface area contributed by atoms with Crippen molar-refractivity contribution in [1.29, 1.82) is 0 Å². The normalized spacial score (nSPS) is 13.7. The molecule has 0 radical (unpaired) electrons. The van der Waals surface area contributed by atoms with E-state index in [0.717, 1.165) is 5.56 Å². The van der Waals surface area contributed by atoms with Gasteiger partial charge in [0, 0.05) is 0 Å². The summed E-state index contributed by atoms with van der Waals surface area (Å²) in [4.78, 5) is 0. The van der Waals surface area contributed by atoms with Crippen molar-refractivity contribution in [3.63, 3.8) is 0 Å². The fraction of sp³-hybridized carbons (Fsp3) is 0.500. The zero-order valence-electron chi connectivity index (χ0n) is 10.1. The van der Waals surface area contributed by atoms with E-state index in [1.165, 1.54) is 0 Å². The number of rotatable bonds is 6. The van der Waals surface area contributed by atoms with Crippen LogP contribution in [-0.2, 0) is 13.6 Å². The first-order valence-corrected chi connectivity index (χ1v) is 7.19. The van der Waals surface area contributed by atoms with Crippen molar-refractivity contribution >= 4 is 7.60 Å². The van der Waals surface area contributed by atoms with Gasteiger partial charge in [-0.15, -0.1) is 0 Å². The average molecular weight is 242 g/mol. The van der Waals surface area contributed by atoms with Gasteiger partial charge in [-0.25, -0.2) is 0 Å². The number of hydrogen-bond donors (Lipinski definition) is 0. The second kappa shape index (κ2) is 6.19. The van der Waals surface area contributed by atoms with Crippen molar-refractivity contribution < 1.29 is 13.6 Å². The van der Waals surface area contributed by atoms with Crippen LogP contribution >= 0.6 is 7.60 Å². The van der Waals surface area contributed by atoms with Gasteiger partial charge in [0.15, 0.2) is 0 Å². The predicted octanol–water partition coefficient (Wildman–Crippen LogP) is 4.01. The Morgan fingerprint density at radius 2 is 1.62 bits per heavy atom. The van der Waals surface area contributed by atoms with Gasteiger partial charge < -0.3 is 9.05 Å². The van der Waals surface area contributed by atoms with Crippen LogP contribution in [0.2, 0.25) is 0 Å². The predicted molar refractivity (Wildman–Crippen MR) is 65.7 cm³/mol. The van der Waals surface area contributed by atoms with Crippen LogP contribution in [0.1, 0.15) is 32.0 Å². The van der Waals surface area contributed by atoms with Crippen molar-refractivity contribution in [2.75, 3.05) is 13.2 Å². The first kappa shape index (κ1) is 13.4. The second-order valence-electron chi connectivity index (χ2n) is 3.46. The van der Waals surface area contributed by atoms with Gasteiger partial charge in [-0.05, 0) is 26.3 Å². The zero-order valence-corrected chi connectivity index (χ0v) is 10.9. The molecule has 1 aromatic rings. The smallest absolute Gasteiger partial charge is 0.308 e. The molecule has 3 nitrogen and oxygen atoms in total. The van der Waals surface area contributed by atoms with Crippen molar-refractivity contribution in [2.45, 2.75) is 26.4 Å². The fourth-order valence-corrected chi connectivity index (χ4v) is 3.31. The van der Waals surface area contributed by atoms with Crippen LogP contribution in [-0.4, -0.2) is 13.2 Å². The van der Waals surface area contributed by atoms with E-state index in [0.29, 0.717) is 13.2 Å². The molecule has 0 fully saturated rings. The molecule has 0 heterocycles. The Balaban J connectivity index is 2.91. The number of benzene rings is 1. The summed E-state index contributed by atoms with van der Waals surface area (Å²) in [5.74, 6) is 0. The van der Waals surface area contributed by atoms with Gasteiger partial charge in [-0.3, -0.25) is 4.57 Å². The Morgan fingerprint density at radius 1 is 1.12 bits per heavy atom. The Labute approximate surface area is 97.3 Å². The van der Waals surface area contributed by atoms with E-state index < -0.39 is 7.60 Å². The van der Waals surface area contributed by atoms with Crippen LogP contribution in [0.25, 0.3) is 0 Å². The van der Waals surface area contributed by atoms with Crippen LogP contribution in [0.15, 0.2) is 30.3 Å². The van der Waals surface area contributed by atoms with E-state index >= 15 is 0 Å². The van der Waals surface area contributed by atoms with E-state index in [4.69, 9.17) is 9.05 Å². The molecular weight excluding hydrogens is 223 g/mol. The van der Waals surface area contributed by atoms with Crippen LogP contribution in [0.4, 0.5) is 0 Å². The minimum absolute atomic E-state index is 0.228. The van der Waals surface area contributed by atoms with Gasteiger partial charge in [0.05, 0.1) is 18.9 Å². The molecule has 0 unspecified atom stereocenters. The Bertz CT molecular complexity index is 341.